The fourth-order valence-electron chi connectivity index (χ4n) is 3.16. The van der Waals surface area contributed by atoms with E-state index in [-0.39, 0.29) is 10.8 Å². The number of hydrogen-bond acceptors (Lipinski definition) is 5. The number of benzene rings is 1. The molecule has 1 fully saturated rings. The quantitative estimate of drug-likeness (QED) is 0.489. The lowest BCUT2D eigenvalue weighted by Gasteiger charge is -2.35. The summed E-state index contributed by atoms with van der Waals surface area (Å²) in [7, 11) is 2.55. The summed E-state index contributed by atoms with van der Waals surface area (Å²) >= 11 is 0. The number of aliphatic imine (C=N–C) groups is 1. The SMILES string of the molecule is CN=C(NCCS(=O)C(C)(C)C)NCC(c1ccc(OC)cc1)N1CCOCC1. The lowest BCUT2D eigenvalue weighted by molar-refractivity contribution is 0.0170. The Bertz CT molecular complexity index is 667. The van der Waals surface area contributed by atoms with Crippen LogP contribution in [-0.4, -0.2) is 79.1 Å². The average molecular weight is 425 g/mol. The van der Waals surface area contributed by atoms with Crippen LogP contribution >= 0.6 is 0 Å². The lowest BCUT2D eigenvalue weighted by Crippen LogP contribution is -2.47. The monoisotopic (exact) mass is 424 g/mol. The highest BCUT2D eigenvalue weighted by Gasteiger charge is 2.23. The average Bonchev–Trinajstić information content (AvgIpc) is 2.73. The van der Waals surface area contributed by atoms with Crippen LogP contribution in [0, 0.1) is 0 Å². The standard InChI is InChI=1S/C21H36N4O3S/c1-21(2,3)29(26)15-10-23-20(22-4)24-16-19(25-11-13-28-14-12-25)17-6-8-18(27-5)9-7-17/h6-9,19H,10-16H2,1-5H3,(H2,22,23,24). The molecule has 0 aromatic heterocycles. The maximum absolute atomic E-state index is 12.2. The molecule has 8 heteroatoms. The summed E-state index contributed by atoms with van der Waals surface area (Å²) in [5.41, 5.74) is 1.23. The van der Waals surface area contributed by atoms with Crippen molar-refractivity contribution in [3.05, 3.63) is 29.8 Å². The van der Waals surface area contributed by atoms with Gasteiger partial charge in [-0.25, -0.2) is 0 Å². The van der Waals surface area contributed by atoms with Gasteiger partial charge in [-0.15, -0.1) is 0 Å². The van der Waals surface area contributed by atoms with Gasteiger partial charge in [0.2, 0.25) is 0 Å². The Kier molecular flexibility index (Phi) is 9.39. The normalized spacial score (nSPS) is 18.2. The van der Waals surface area contributed by atoms with Crippen molar-refractivity contribution in [2.75, 3.05) is 59.3 Å². The first kappa shape index (κ1) is 23.6. The van der Waals surface area contributed by atoms with Gasteiger partial charge in [-0.2, -0.15) is 0 Å². The highest BCUT2D eigenvalue weighted by atomic mass is 32.2. The highest BCUT2D eigenvalue weighted by Crippen LogP contribution is 2.23. The van der Waals surface area contributed by atoms with Crippen LogP contribution in [0.2, 0.25) is 0 Å². The molecule has 1 aliphatic heterocycles. The number of methoxy groups -OCH3 is 1. The molecule has 7 nitrogen and oxygen atoms in total. The van der Waals surface area contributed by atoms with E-state index >= 15 is 0 Å². The third-order valence-electron chi connectivity index (χ3n) is 4.94. The molecule has 0 aliphatic carbocycles. The van der Waals surface area contributed by atoms with E-state index in [0.717, 1.165) is 38.0 Å². The van der Waals surface area contributed by atoms with Crippen molar-refractivity contribution >= 4 is 16.8 Å². The molecule has 0 spiro atoms. The Balaban J connectivity index is 1.97. The maximum Gasteiger partial charge on any atom is 0.191 e. The fraction of sp³-hybridized carbons (Fsp3) is 0.667. The minimum atomic E-state index is -0.885. The molecule has 0 amide bonds. The first-order valence-electron chi connectivity index (χ1n) is 10.1. The summed E-state index contributed by atoms with van der Waals surface area (Å²) in [5.74, 6) is 2.17. The lowest BCUT2D eigenvalue weighted by atomic mass is 10.0. The molecule has 1 aliphatic rings. The molecule has 0 bridgehead atoms. The van der Waals surface area contributed by atoms with Crippen molar-refractivity contribution in [2.45, 2.75) is 31.6 Å². The van der Waals surface area contributed by atoms with Gasteiger partial charge in [-0.05, 0) is 38.5 Å². The van der Waals surface area contributed by atoms with Crippen molar-refractivity contribution in [3.8, 4) is 5.75 Å². The minimum absolute atomic E-state index is 0.200. The second kappa shape index (κ2) is 11.5. The zero-order valence-electron chi connectivity index (χ0n) is 18.4. The van der Waals surface area contributed by atoms with Crippen molar-refractivity contribution in [1.82, 2.24) is 15.5 Å². The number of morpholine rings is 1. The van der Waals surface area contributed by atoms with Gasteiger partial charge in [0.15, 0.2) is 5.96 Å². The predicted octanol–water partition coefficient (Wildman–Crippen LogP) is 1.78. The summed E-state index contributed by atoms with van der Waals surface area (Å²) in [5, 5.41) is 6.72. The molecular formula is C21H36N4O3S. The van der Waals surface area contributed by atoms with Gasteiger partial charge in [0.25, 0.3) is 0 Å². The van der Waals surface area contributed by atoms with Crippen LogP contribution in [0.25, 0.3) is 0 Å². The third kappa shape index (κ3) is 7.60. The number of ether oxygens (including phenoxy) is 2. The Hall–Kier alpha value is -1.64. The van der Waals surface area contributed by atoms with Crippen LogP contribution in [0.1, 0.15) is 32.4 Å². The van der Waals surface area contributed by atoms with E-state index in [4.69, 9.17) is 9.47 Å². The van der Waals surface area contributed by atoms with Crippen LogP contribution in [0.15, 0.2) is 29.3 Å². The number of rotatable bonds is 8. The van der Waals surface area contributed by atoms with Crippen LogP contribution in [0.3, 0.4) is 0 Å². The summed E-state index contributed by atoms with van der Waals surface area (Å²) in [6.07, 6.45) is 0. The van der Waals surface area contributed by atoms with Crippen molar-refractivity contribution in [1.29, 1.82) is 0 Å². The summed E-state index contributed by atoms with van der Waals surface area (Å²) in [4.78, 5) is 6.75. The van der Waals surface area contributed by atoms with E-state index in [1.807, 2.05) is 32.9 Å². The molecule has 2 atom stereocenters. The zero-order valence-corrected chi connectivity index (χ0v) is 19.2. The molecule has 164 valence electrons. The molecule has 1 heterocycles. The van der Waals surface area contributed by atoms with E-state index in [1.54, 1.807) is 14.2 Å². The first-order valence-corrected chi connectivity index (χ1v) is 11.5. The summed E-state index contributed by atoms with van der Waals surface area (Å²) < 4.78 is 22.8. The molecule has 2 rings (SSSR count). The van der Waals surface area contributed by atoms with Gasteiger partial charge in [0.1, 0.15) is 5.75 Å². The van der Waals surface area contributed by atoms with Crippen LogP contribution < -0.4 is 15.4 Å². The Morgan fingerprint density at radius 2 is 1.90 bits per heavy atom. The van der Waals surface area contributed by atoms with Gasteiger partial charge in [-0.1, -0.05) is 12.1 Å². The fourth-order valence-corrected chi connectivity index (χ4v) is 4.06. The molecule has 1 aromatic carbocycles. The molecular weight excluding hydrogens is 388 g/mol. The van der Waals surface area contributed by atoms with Crippen LogP contribution in [0.5, 0.6) is 5.75 Å². The highest BCUT2D eigenvalue weighted by molar-refractivity contribution is 7.86. The largest absolute Gasteiger partial charge is 0.497 e. The van der Waals surface area contributed by atoms with Crippen LogP contribution in [-0.2, 0) is 15.5 Å². The summed E-state index contributed by atoms with van der Waals surface area (Å²) in [6, 6.07) is 8.43. The van der Waals surface area contributed by atoms with E-state index in [2.05, 4.69) is 32.7 Å². The molecule has 2 unspecified atom stereocenters. The number of hydrogen-bond donors (Lipinski definition) is 2. The smallest absolute Gasteiger partial charge is 0.191 e. The molecule has 29 heavy (non-hydrogen) atoms. The van der Waals surface area contributed by atoms with Gasteiger partial charge in [-0.3, -0.25) is 14.1 Å². The molecule has 1 aromatic rings. The Morgan fingerprint density at radius 1 is 1.24 bits per heavy atom. The third-order valence-corrected chi connectivity index (χ3v) is 6.88. The summed E-state index contributed by atoms with van der Waals surface area (Å²) in [6.45, 7) is 10.6. The molecule has 0 radical (unpaired) electrons. The first-order chi connectivity index (χ1) is 13.8. The molecule has 2 N–H and O–H groups in total. The number of guanidine groups is 1. The van der Waals surface area contributed by atoms with E-state index in [0.29, 0.717) is 18.8 Å². The van der Waals surface area contributed by atoms with Gasteiger partial charge in [0.05, 0.1) is 26.4 Å². The minimum Gasteiger partial charge on any atom is -0.497 e. The second-order valence-corrected chi connectivity index (χ2v) is 10.3. The van der Waals surface area contributed by atoms with Gasteiger partial charge >= 0.3 is 0 Å². The van der Waals surface area contributed by atoms with Gasteiger partial charge in [0, 0.05) is 54.5 Å². The van der Waals surface area contributed by atoms with E-state index < -0.39 is 10.8 Å². The van der Waals surface area contributed by atoms with Crippen molar-refractivity contribution in [3.63, 3.8) is 0 Å². The predicted molar refractivity (Wildman–Crippen MR) is 120 cm³/mol. The van der Waals surface area contributed by atoms with E-state index in [9.17, 15) is 4.21 Å². The van der Waals surface area contributed by atoms with Crippen molar-refractivity contribution < 1.29 is 13.7 Å². The van der Waals surface area contributed by atoms with E-state index in [1.165, 1.54) is 5.56 Å². The molecule has 1 saturated heterocycles. The number of nitrogens with one attached hydrogen (secondary N) is 2. The van der Waals surface area contributed by atoms with Gasteiger partial charge < -0.3 is 20.1 Å². The zero-order chi connectivity index (χ0) is 21.3. The Morgan fingerprint density at radius 3 is 2.45 bits per heavy atom. The molecule has 0 saturated carbocycles. The topological polar surface area (TPSA) is 75.2 Å². The Labute approximate surface area is 177 Å². The number of nitrogens with zero attached hydrogens (tertiary/aromatic N) is 2. The maximum atomic E-state index is 12.2. The van der Waals surface area contributed by atoms with Crippen LogP contribution in [0.4, 0.5) is 0 Å². The van der Waals surface area contributed by atoms with Crippen molar-refractivity contribution in [2.24, 2.45) is 4.99 Å². The second-order valence-electron chi connectivity index (χ2n) is 7.98.